The summed E-state index contributed by atoms with van der Waals surface area (Å²) in [5.74, 6) is -1.28. The lowest BCUT2D eigenvalue weighted by Crippen LogP contribution is -2.23. The van der Waals surface area contributed by atoms with Gasteiger partial charge in [0.05, 0.1) is 21.8 Å². The van der Waals surface area contributed by atoms with E-state index in [0.717, 1.165) is 14.8 Å². The van der Waals surface area contributed by atoms with E-state index < -0.39 is 5.97 Å². The van der Waals surface area contributed by atoms with Gasteiger partial charge in [-0.2, -0.15) is 5.10 Å². The van der Waals surface area contributed by atoms with E-state index in [4.69, 9.17) is 5.11 Å². The number of nitrogens with one attached hydrogen (secondary N) is 1. The number of nitrogens with zero attached hydrogens (tertiary/aromatic N) is 2. The summed E-state index contributed by atoms with van der Waals surface area (Å²) >= 11 is 3.11. The second-order valence-corrected chi connectivity index (χ2v) is 7.69. The normalized spacial score (nSPS) is 11.2. The monoisotopic (exact) mass is 371 g/mol. The molecule has 1 amide bonds. The molecule has 25 heavy (non-hydrogen) atoms. The van der Waals surface area contributed by atoms with Crippen molar-refractivity contribution in [2.45, 2.75) is 6.54 Å². The maximum Gasteiger partial charge on any atom is 0.339 e. The van der Waals surface area contributed by atoms with Crippen LogP contribution < -0.4 is 5.32 Å². The van der Waals surface area contributed by atoms with Gasteiger partial charge in [-0.1, -0.05) is 18.2 Å². The Morgan fingerprint density at radius 1 is 1.24 bits per heavy atom. The highest BCUT2D eigenvalue weighted by atomic mass is 32.1. The Hall–Kier alpha value is -2.71. The molecule has 126 valence electrons. The number of carboxylic acids is 1. The molecule has 2 N–H and O–H groups in total. The number of aryl methyl sites for hydroxylation is 1. The highest BCUT2D eigenvalue weighted by Gasteiger charge is 2.17. The van der Waals surface area contributed by atoms with Crippen molar-refractivity contribution in [1.29, 1.82) is 0 Å². The van der Waals surface area contributed by atoms with Crippen molar-refractivity contribution in [2.24, 2.45) is 7.05 Å². The number of hydrogen-bond acceptors (Lipinski definition) is 5. The van der Waals surface area contributed by atoms with Crippen molar-refractivity contribution < 1.29 is 14.7 Å². The van der Waals surface area contributed by atoms with Gasteiger partial charge in [0, 0.05) is 28.0 Å². The molecule has 4 rings (SSSR count). The van der Waals surface area contributed by atoms with Crippen LogP contribution in [0.4, 0.5) is 0 Å². The molecule has 0 aliphatic rings. The average molecular weight is 371 g/mol. The molecule has 3 heterocycles. The zero-order chi connectivity index (χ0) is 17.6. The number of carbonyl (C=O) groups excluding carboxylic acids is 1. The molecule has 3 aromatic heterocycles. The van der Waals surface area contributed by atoms with E-state index in [1.54, 1.807) is 18.4 Å². The summed E-state index contributed by atoms with van der Waals surface area (Å²) in [6.07, 6.45) is 1.43. The molecule has 0 unspecified atom stereocenters. The Bertz CT molecular complexity index is 1120. The topological polar surface area (TPSA) is 84.2 Å². The number of benzene rings is 1. The lowest BCUT2D eigenvalue weighted by molar-refractivity contribution is 0.0694. The summed E-state index contributed by atoms with van der Waals surface area (Å²) in [5.41, 5.74) is 0.438. The number of carboxylic acid groups (broad SMARTS) is 1. The van der Waals surface area contributed by atoms with Crippen molar-refractivity contribution >= 4 is 54.0 Å². The minimum atomic E-state index is -1.06. The summed E-state index contributed by atoms with van der Waals surface area (Å²) in [6.45, 7) is 0.0770. The van der Waals surface area contributed by atoms with E-state index in [-0.39, 0.29) is 18.0 Å². The van der Waals surface area contributed by atoms with Crippen molar-refractivity contribution in [1.82, 2.24) is 15.1 Å². The van der Waals surface area contributed by atoms with Crippen LogP contribution in [0.1, 0.15) is 25.7 Å². The van der Waals surface area contributed by atoms with Gasteiger partial charge in [-0.05, 0) is 12.1 Å². The largest absolute Gasteiger partial charge is 0.478 e. The van der Waals surface area contributed by atoms with Crippen LogP contribution in [-0.2, 0) is 13.6 Å². The predicted octanol–water partition coefficient (Wildman–Crippen LogP) is 3.48. The zero-order valence-electron chi connectivity index (χ0n) is 13.1. The predicted molar refractivity (Wildman–Crippen MR) is 98.5 cm³/mol. The Kier molecular flexibility index (Phi) is 3.78. The number of rotatable bonds is 4. The highest BCUT2D eigenvalue weighted by molar-refractivity contribution is 7.33. The molecule has 0 spiro atoms. The molecule has 6 nitrogen and oxygen atoms in total. The standard InChI is InChI=1S/C17H13N3O3S2/c1-20-8-10(17(22)23)11(19-20)7-18-16(21)14-6-13-15(25-14)9-4-2-3-5-12(9)24-13/h2-6,8H,7H2,1H3,(H,18,21)(H,22,23). The van der Waals surface area contributed by atoms with E-state index >= 15 is 0 Å². The molecule has 0 saturated carbocycles. The van der Waals surface area contributed by atoms with Gasteiger partial charge >= 0.3 is 5.97 Å². The van der Waals surface area contributed by atoms with Crippen LogP contribution >= 0.6 is 22.7 Å². The SMILES string of the molecule is Cn1cc(C(=O)O)c(CNC(=O)c2cc3sc4ccccc4c3s2)n1. The third-order valence-corrected chi connectivity index (χ3v) is 6.24. The van der Waals surface area contributed by atoms with E-state index in [9.17, 15) is 9.59 Å². The molecule has 0 saturated heterocycles. The quantitative estimate of drug-likeness (QED) is 0.575. The third kappa shape index (κ3) is 2.79. The number of hydrogen-bond donors (Lipinski definition) is 2. The van der Waals surface area contributed by atoms with Gasteiger partial charge < -0.3 is 10.4 Å². The van der Waals surface area contributed by atoms with E-state index in [1.165, 1.54) is 26.9 Å². The first-order chi connectivity index (χ1) is 12.0. The summed E-state index contributed by atoms with van der Waals surface area (Å²) in [7, 11) is 1.65. The number of aromatic nitrogens is 2. The molecule has 1 aromatic carbocycles. The fourth-order valence-corrected chi connectivity index (χ4v) is 5.15. The van der Waals surface area contributed by atoms with Crippen molar-refractivity contribution in [3.05, 3.63) is 52.7 Å². The molecular weight excluding hydrogens is 358 g/mol. The van der Waals surface area contributed by atoms with Crippen LogP contribution in [0.15, 0.2) is 36.5 Å². The Labute approximate surface area is 150 Å². The Morgan fingerprint density at radius 3 is 2.84 bits per heavy atom. The van der Waals surface area contributed by atoms with Gasteiger partial charge in [0.15, 0.2) is 0 Å². The molecule has 4 aromatic rings. The Balaban J connectivity index is 1.57. The van der Waals surface area contributed by atoms with Crippen molar-refractivity contribution in [3.8, 4) is 0 Å². The molecule has 0 bridgehead atoms. The molecule has 0 fully saturated rings. The van der Waals surface area contributed by atoms with Crippen LogP contribution in [0.25, 0.3) is 19.5 Å². The molecule has 0 radical (unpaired) electrons. The van der Waals surface area contributed by atoms with Crippen molar-refractivity contribution in [3.63, 3.8) is 0 Å². The second-order valence-electron chi connectivity index (χ2n) is 5.55. The summed E-state index contributed by atoms with van der Waals surface area (Å²) in [4.78, 5) is 24.2. The maximum atomic E-state index is 12.4. The fraction of sp³-hybridized carbons (Fsp3) is 0.118. The highest BCUT2D eigenvalue weighted by Crippen LogP contribution is 2.39. The van der Waals surface area contributed by atoms with Gasteiger partial charge in [0.1, 0.15) is 5.56 Å². The zero-order valence-corrected chi connectivity index (χ0v) is 14.8. The summed E-state index contributed by atoms with van der Waals surface area (Å²) < 4.78 is 4.82. The fourth-order valence-electron chi connectivity index (χ4n) is 2.71. The number of aromatic carboxylic acids is 1. The van der Waals surface area contributed by atoms with Gasteiger partial charge in [-0.25, -0.2) is 4.79 Å². The van der Waals surface area contributed by atoms with E-state index in [1.807, 2.05) is 18.2 Å². The second kappa shape index (κ2) is 5.98. The lowest BCUT2D eigenvalue weighted by Gasteiger charge is -2.02. The summed E-state index contributed by atoms with van der Waals surface area (Å²) in [6, 6.07) is 10.0. The van der Waals surface area contributed by atoms with Gasteiger partial charge in [0.2, 0.25) is 0 Å². The minimum Gasteiger partial charge on any atom is -0.478 e. The Morgan fingerprint density at radius 2 is 2.04 bits per heavy atom. The smallest absolute Gasteiger partial charge is 0.339 e. The van der Waals surface area contributed by atoms with Crippen molar-refractivity contribution in [2.75, 3.05) is 0 Å². The molecular formula is C17H13N3O3S2. The molecule has 0 aliphatic carbocycles. The maximum absolute atomic E-state index is 12.4. The van der Waals surface area contributed by atoms with E-state index in [0.29, 0.717) is 10.6 Å². The molecule has 8 heteroatoms. The third-order valence-electron chi connectivity index (χ3n) is 3.83. The van der Waals surface area contributed by atoms with Crippen LogP contribution in [0.2, 0.25) is 0 Å². The van der Waals surface area contributed by atoms with Gasteiger partial charge in [-0.15, -0.1) is 22.7 Å². The number of carbonyl (C=O) groups is 2. The number of amides is 1. The van der Waals surface area contributed by atoms with Gasteiger partial charge in [0.25, 0.3) is 5.91 Å². The molecule has 0 atom stereocenters. The summed E-state index contributed by atoms with van der Waals surface area (Å²) in [5, 5.41) is 17.2. The first-order valence-corrected chi connectivity index (χ1v) is 9.11. The lowest BCUT2D eigenvalue weighted by atomic mass is 10.2. The first-order valence-electron chi connectivity index (χ1n) is 7.48. The average Bonchev–Trinajstić information content (AvgIpc) is 3.24. The van der Waals surface area contributed by atoms with E-state index in [2.05, 4.69) is 22.5 Å². The number of fused-ring (bicyclic) bond motifs is 3. The van der Waals surface area contributed by atoms with Crippen LogP contribution in [0.3, 0.4) is 0 Å². The number of thiophene rings is 2. The molecule has 0 aliphatic heterocycles. The van der Waals surface area contributed by atoms with Crippen LogP contribution in [0.5, 0.6) is 0 Å². The minimum absolute atomic E-state index is 0.0770. The van der Waals surface area contributed by atoms with Crippen LogP contribution in [0, 0.1) is 0 Å². The van der Waals surface area contributed by atoms with Gasteiger partial charge in [-0.3, -0.25) is 9.48 Å². The first kappa shape index (κ1) is 15.8. The van der Waals surface area contributed by atoms with Crippen LogP contribution in [-0.4, -0.2) is 26.8 Å².